The van der Waals surface area contributed by atoms with Gasteiger partial charge in [0.1, 0.15) is 0 Å². The summed E-state index contributed by atoms with van der Waals surface area (Å²) in [6, 6.07) is 14.7. The van der Waals surface area contributed by atoms with Gasteiger partial charge in [-0.1, -0.05) is 39.8 Å². The van der Waals surface area contributed by atoms with Gasteiger partial charge in [0.15, 0.2) is 5.16 Å². The maximum atomic E-state index is 12.3. The van der Waals surface area contributed by atoms with Crippen LogP contribution < -0.4 is 11.4 Å². The van der Waals surface area contributed by atoms with E-state index in [2.05, 4.69) is 27.0 Å². The lowest BCUT2D eigenvalue weighted by Crippen LogP contribution is -2.29. The summed E-state index contributed by atoms with van der Waals surface area (Å²) >= 11 is 4.69. The van der Waals surface area contributed by atoms with Crippen LogP contribution in [-0.2, 0) is 5.75 Å². The van der Waals surface area contributed by atoms with Crippen LogP contribution in [0.1, 0.15) is 11.1 Å². The zero-order valence-corrected chi connectivity index (χ0v) is 14.3. The Balaban J connectivity index is 1.94. The third-order valence-electron chi connectivity index (χ3n) is 3.25. The van der Waals surface area contributed by atoms with Crippen LogP contribution in [0, 0.1) is 11.3 Å². The smallest absolute Gasteiger partial charge is 0.280 e. The number of nitriles is 1. The minimum atomic E-state index is -0.287. The largest absolute Gasteiger partial charge is 0.334 e. The number of nitrogens with two attached hydrogens (primary N) is 1. The predicted molar refractivity (Wildman–Crippen MR) is 94.6 cm³/mol. The summed E-state index contributed by atoms with van der Waals surface area (Å²) in [5.74, 6) is 6.44. The highest BCUT2D eigenvalue weighted by Crippen LogP contribution is 2.22. The second-order valence-electron chi connectivity index (χ2n) is 4.83. The van der Waals surface area contributed by atoms with Gasteiger partial charge < -0.3 is 5.84 Å². The number of fused-ring (bicyclic) bond motifs is 1. The van der Waals surface area contributed by atoms with Crippen LogP contribution in [0.25, 0.3) is 10.9 Å². The highest BCUT2D eigenvalue weighted by molar-refractivity contribution is 9.10. The number of benzene rings is 2. The van der Waals surface area contributed by atoms with Crippen molar-refractivity contribution in [2.24, 2.45) is 0 Å². The van der Waals surface area contributed by atoms with E-state index in [9.17, 15) is 4.79 Å². The molecule has 0 unspecified atom stereocenters. The average molecular weight is 387 g/mol. The molecule has 0 spiro atoms. The summed E-state index contributed by atoms with van der Waals surface area (Å²) in [6.07, 6.45) is 0. The molecule has 0 radical (unpaired) electrons. The molecule has 0 atom stereocenters. The van der Waals surface area contributed by atoms with Gasteiger partial charge in [-0.3, -0.25) is 4.79 Å². The fourth-order valence-corrected chi connectivity index (χ4v) is 3.35. The molecule has 5 nitrogen and oxygen atoms in total. The first kappa shape index (κ1) is 15.6. The maximum Gasteiger partial charge on any atom is 0.280 e. The third-order valence-corrected chi connectivity index (χ3v) is 4.77. The van der Waals surface area contributed by atoms with E-state index >= 15 is 0 Å². The van der Waals surface area contributed by atoms with Crippen molar-refractivity contribution in [3.63, 3.8) is 0 Å². The van der Waals surface area contributed by atoms with E-state index in [4.69, 9.17) is 11.1 Å². The second-order valence-corrected chi connectivity index (χ2v) is 6.69. The number of rotatable bonds is 3. The van der Waals surface area contributed by atoms with E-state index in [-0.39, 0.29) is 5.56 Å². The van der Waals surface area contributed by atoms with Crippen LogP contribution in [-0.4, -0.2) is 9.66 Å². The monoisotopic (exact) mass is 386 g/mol. The van der Waals surface area contributed by atoms with Crippen molar-refractivity contribution < 1.29 is 0 Å². The number of nitrogens with zero attached hydrogens (tertiary/aromatic N) is 3. The van der Waals surface area contributed by atoms with Crippen LogP contribution in [0.2, 0.25) is 0 Å². The summed E-state index contributed by atoms with van der Waals surface area (Å²) in [6.45, 7) is 0. The lowest BCUT2D eigenvalue weighted by atomic mass is 10.2. The van der Waals surface area contributed by atoms with E-state index in [0.717, 1.165) is 14.7 Å². The Morgan fingerprint density at radius 1 is 1.30 bits per heavy atom. The third kappa shape index (κ3) is 3.23. The molecule has 0 aliphatic rings. The maximum absolute atomic E-state index is 12.3. The Kier molecular flexibility index (Phi) is 4.37. The molecule has 1 aromatic heterocycles. The molecule has 0 aliphatic heterocycles. The van der Waals surface area contributed by atoms with Crippen molar-refractivity contribution >= 4 is 38.6 Å². The number of nitrogen functional groups attached to an aromatic ring is 1. The Morgan fingerprint density at radius 2 is 2.13 bits per heavy atom. The van der Waals surface area contributed by atoms with Gasteiger partial charge in [0.2, 0.25) is 0 Å². The molecule has 2 N–H and O–H groups in total. The van der Waals surface area contributed by atoms with Crippen molar-refractivity contribution in [3.8, 4) is 6.07 Å². The van der Waals surface area contributed by atoms with Crippen LogP contribution in [0.4, 0.5) is 0 Å². The van der Waals surface area contributed by atoms with Gasteiger partial charge in [-0.15, -0.1) is 0 Å². The standard InChI is InChI=1S/C16H11BrN4OS/c17-12-4-5-14-13(7-12)15(22)21(19)16(20-14)23-9-11-3-1-2-10(6-11)8-18/h1-7H,9,19H2. The van der Waals surface area contributed by atoms with Gasteiger partial charge in [0.25, 0.3) is 5.56 Å². The van der Waals surface area contributed by atoms with Gasteiger partial charge in [-0.2, -0.15) is 5.26 Å². The summed E-state index contributed by atoms with van der Waals surface area (Å²) in [4.78, 5) is 16.8. The van der Waals surface area contributed by atoms with E-state index in [1.54, 1.807) is 18.2 Å². The first-order valence-corrected chi connectivity index (χ1v) is 8.45. The summed E-state index contributed by atoms with van der Waals surface area (Å²) in [5.41, 5.74) is 1.89. The average Bonchev–Trinajstić information content (AvgIpc) is 2.57. The molecule has 2 aromatic carbocycles. The lowest BCUT2D eigenvalue weighted by Gasteiger charge is -2.08. The number of aromatic nitrogens is 2. The topological polar surface area (TPSA) is 84.7 Å². The van der Waals surface area contributed by atoms with Crippen LogP contribution in [0.5, 0.6) is 0 Å². The van der Waals surface area contributed by atoms with Crippen molar-refractivity contribution in [1.82, 2.24) is 9.66 Å². The predicted octanol–water partition coefficient (Wildman–Crippen LogP) is 3.04. The minimum Gasteiger partial charge on any atom is -0.334 e. The van der Waals surface area contributed by atoms with E-state index in [1.165, 1.54) is 11.8 Å². The Hall–Kier alpha value is -2.30. The SMILES string of the molecule is N#Cc1cccc(CSc2nc3ccc(Br)cc3c(=O)n2N)c1. The first-order valence-electron chi connectivity index (χ1n) is 6.68. The molecule has 0 aliphatic carbocycles. The molecule has 0 bridgehead atoms. The van der Waals surface area contributed by atoms with Gasteiger partial charge in [0.05, 0.1) is 22.5 Å². The molecular weight excluding hydrogens is 376 g/mol. The minimum absolute atomic E-state index is 0.287. The van der Waals surface area contributed by atoms with E-state index in [1.807, 2.05) is 24.3 Å². The Bertz CT molecular complexity index is 994. The highest BCUT2D eigenvalue weighted by atomic mass is 79.9. The molecule has 0 saturated carbocycles. The van der Waals surface area contributed by atoms with Gasteiger partial charge in [-0.05, 0) is 35.9 Å². The lowest BCUT2D eigenvalue weighted by molar-refractivity contribution is 0.779. The van der Waals surface area contributed by atoms with Gasteiger partial charge in [-0.25, -0.2) is 9.66 Å². The fraction of sp³-hybridized carbons (Fsp3) is 0.0625. The van der Waals surface area contributed by atoms with E-state index in [0.29, 0.717) is 27.4 Å². The molecule has 3 aromatic rings. The molecule has 7 heteroatoms. The molecule has 0 amide bonds. The van der Waals surface area contributed by atoms with Crippen molar-refractivity contribution in [3.05, 3.63) is 68.4 Å². The fourth-order valence-electron chi connectivity index (χ4n) is 2.13. The van der Waals surface area contributed by atoms with Crippen LogP contribution in [0.15, 0.2) is 56.9 Å². The van der Waals surface area contributed by atoms with Crippen molar-refractivity contribution in [2.75, 3.05) is 5.84 Å². The van der Waals surface area contributed by atoms with Crippen molar-refractivity contribution in [2.45, 2.75) is 10.9 Å². The Morgan fingerprint density at radius 3 is 2.91 bits per heavy atom. The summed E-state index contributed by atoms with van der Waals surface area (Å²) < 4.78 is 1.87. The molecule has 114 valence electrons. The van der Waals surface area contributed by atoms with Crippen LogP contribution >= 0.6 is 27.7 Å². The summed E-state index contributed by atoms with van der Waals surface area (Å²) in [7, 11) is 0. The molecule has 0 fully saturated rings. The Labute approximate surface area is 144 Å². The second kappa shape index (κ2) is 6.44. The number of halogens is 1. The molecule has 1 heterocycles. The number of thioether (sulfide) groups is 1. The highest BCUT2D eigenvalue weighted by Gasteiger charge is 2.10. The summed E-state index contributed by atoms with van der Waals surface area (Å²) in [5, 5.41) is 9.84. The molecule has 0 saturated heterocycles. The normalized spacial score (nSPS) is 10.6. The number of hydrogen-bond acceptors (Lipinski definition) is 5. The zero-order valence-electron chi connectivity index (χ0n) is 11.9. The quantitative estimate of drug-likeness (QED) is 0.424. The van der Waals surface area contributed by atoms with Gasteiger partial charge >= 0.3 is 0 Å². The van der Waals surface area contributed by atoms with Crippen LogP contribution in [0.3, 0.4) is 0 Å². The molecule has 3 rings (SSSR count). The van der Waals surface area contributed by atoms with E-state index < -0.39 is 0 Å². The van der Waals surface area contributed by atoms with Crippen molar-refractivity contribution in [1.29, 1.82) is 5.26 Å². The molecular formula is C16H11BrN4OS. The molecule has 23 heavy (non-hydrogen) atoms. The van der Waals surface area contributed by atoms with Gasteiger partial charge in [0, 0.05) is 10.2 Å². The number of hydrogen-bond donors (Lipinski definition) is 1. The zero-order chi connectivity index (χ0) is 16.4. The first-order chi connectivity index (χ1) is 11.1.